The van der Waals surface area contributed by atoms with E-state index in [1.165, 1.54) is 0 Å². The fourth-order valence-electron chi connectivity index (χ4n) is 0.686. The van der Waals surface area contributed by atoms with Crippen molar-refractivity contribution in [3.05, 3.63) is 0 Å². The molecule has 1 rings (SSSR count). The van der Waals surface area contributed by atoms with Gasteiger partial charge in [-0.15, -0.1) is 0 Å². The number of hydrogen-bond acceptors (Lipinski definition) is 7. The third-order valence-corrected chi connectivity index (χ3v) is 2.66. The highest BCUT2D eigenvalue weighted by Gasteiger charge is 2.41. The molecule has 0 radical (unpaired) electrons. The molecule has 0 aromatic carbocycles. The van der Waals surface area contributed by atoms with Gasteiger partial charge in [0.25, 0.3) is 10.1 Å². The zero-order valence-corrected chi connectivity index (χ0v) is 8.55. The summed E-state index contributed by atoms with van der Waals surface area (Å²) in [5.41, 5.74) is 0. The molecular weight excluding hydrogens is 243 g/mol. The molecule has 0 bridgehead atoms. The maximum atomic E-state index is 12.7. The lowest BCUT2D eigenvalue weighted by atomic mass is 10.4. The summed E-state index contributed by atoms with van der Waals surface area (Å²) in [6, 6.07) is 0. The van der Waals surface area contributed by atoms with Gasteiger partial charge in [-0.1, -0.05) is 0 Å². The van der Waals surface area contributed by atoms with Crippen molar-refractivity contribution in [3.63, 3.8) is 0 Å². The van der Waals surface area contributed by atoms with Crippen molar-refractivity contribution in [1.29, 1.82) is 0 Å². The van der Waals surface area contributed by atoms with Gasteiger partial charge in [0, 0.05) is 0 Å². The Kier molecular flexibility index (Phi) is 3.11. The van der Waals surface area contributed by atoms with Crippen molar-refractivity contribution >= 4 is 20.5 Å². The molecule has 0 spiro atoms. The van der Waals surface area contributed by atoms with Gasteiger partial charge < -0.3 is 0 Å². The largest absolute Gasteiger partial charge is 0.403 e. The Morgan fingerprint density at radius 3 is 2.36 bits per heavy atom. The third-order valence-electron chi connectivity index (χ3n) is 1.19. The fraction of sp³-hybridized carbons (Fsp3) is 1.00. The van der Waals surface area contributed by atoms with Crippen LogP contribution in [0.5, 0.6) is 0 Å². The van der Waals surface area contributed by atoms with E-state index in [9.17, 15) is 21.2 Å². The summed E-state index contributed by atoms with van der Waals surface area (Å²) in [6.07, 6.45) is -3.10. The average molecular weight is 250 g/mol. The minimum atomic E-state index is -4.36. The zero-order valence-electron chi connectivity index (χ0n) is 6.91. The van der Waals surface area contributed by atoms with Gasteiger partial charge in [0.1, 0.15) is 0 Å². The molecule has 14 heavy (non-hydrogen) atoms. The molecule has 84 valence electrons. The fourth-order valence-corrected chi connectivity index (χ4v) is 1.91. The summed E-state index contributed by atoms with van der Waals surface area (Å²) in [7, 11) is -8.13. The molecule has 0 N–H and O–H groups in total. The summed E-state index contributed by atoms with van der Waals surface area (Å²) in [6.45, 7) is -0.751. The van der Waals surface area contributed by atoms with Crippen LogP contribution in [0.1, 0.15) is 0 Å². The van der Waals surface area contributed by atoms with E-state index in [1.807, 2.05) is 0 Å². The lowest BCUT2D eigenvalue weighted by molar-refractivity contribution is 0.0166. The lowest BCUT2D eigenvalue weighted by Crippen LogP contribution is -2.25. The molecule has 1 fully saturated rings. The molecule has 0 aromatic heterocycles. The van der Waals surface area contributed by atoms with E-state index in [0.29, 0.717) is 0 Å². The molecule has 1 heterocycles. The van der Waals surface area contributed by atoms with E-state index in [4.69, 9.17) is 0 Å². The Morgan fingerprint density at radius 2 is 2.00 bits per heavy atom. The smallest absolute Gasteiger partial charge is 0.267 e. The van der Waals surface area contributed by atoms with E-state index in [0.717, 1.165) is 6.26 Å². The first-order chi connectivity index (χ1) is 6.20. The SMILES string of the molecule is CS(=O)(=O)OCC1OS(=O)(=O)OC1F. The molecule has 7 nitrogen and oxygen atoms in total. The van der Waals surface area contributed by atoms with Crippen molar-refractivity contribution in [2.45, 2.75) is 12.5 Å². The predicted molar refractivity (Wildman–Crippen MR) is 40.6 cm³/mol. The molecule has 0 amide bonds. The van der Waals surface area contributed by atoms with Crippen LogP contribution in [0.3, 0.4) is 0 Å². The standard InChI is InChI=1S/C4H7FO7S2/c1-13(6,7)10-2-3-4(5)12-14(8,9)11-3/h3-4H,2H2,1H3. The highest BCUT2D eigenvalue weighted by atomic mass is 32.3. The van der Waals surface area contributed by atoms with E-state index in [1.54, 1.807) is 0 Å². The van der Waals surface area contributed by atoms with E-state index in [-0.39, 0.29) is 0 Å². The summed E-state index contributed by atoms with van der Waals surface area (Å²) in [4.78, 5) is 0. The summed E-state index contributed by atoms with van der Waals surface area (Å²) >= 11 is 0. The molecule has 0 aliphatic carbocycles. The second-order valence-corrected chi connectivity index (χ2v) is 5.32. The molecule has 0 aromatic rings. The Balaban J connectivity index is 2.56. The van der Waals surface area contributed by atoms with Gasteiger partial charge in [-0.05, 0) is 0 Å². The van der Waals surface area contributed by atoms with E-state index >= 15 is 0 Å². The Hall–Kier alpha value is -0.290. The van der Waals surface area contributed by atoms with Crippen molar-refractivity contribution in [2.75, 3.05) is 12.9 Å². The van der Waals surface area contributed by atoms with Crippen LogP contribution in [-0.2, 0) is 33.1 Å². The first kappa shape index (κ1) is 11.8. The van der Waals surface area contributed by atoms with Crippen LogP contribution >= 0.6 is 0 Å². The van der Waals surface area contributed by atoms with Crippen LogP contribution in [0.25, 0.3) is 0 Å². The maximum absolute atomic E-state index is 12.7. The molecular formula is C4H7FO7S2. The van der Waals surface area contributed by atoms with E-state index < -0.39 is 39.6 Å². The monoisotopic (exact) mass is 250 g/mol. The van der Waals surface area contributed by atoms with Crippen LogP contribution in [0.2, 0.25) is 0 Å². The summed E-state index contributed by atoms with van der Waals surface area (Å²) < 4.78 is 66.5. The summed E-state index contributed by atoms with van der Waals surface area (Å²) in [5, 5.41) is 0. The van der Waals surface area contributed by atoms with Crippen LogP contribution in [0, 0.1) is 0 Å². The van der Waals surface area contributed by atoms with Gasteiger partial charge in [-0.2, -0.15) is 16.8 Å². The number of alkyl halides is 1. The lowest BCUT2D eigenvalue weighted by Gasteiger charge is -2.06. The van der Waals surface area contributed by atoms with Crippen molar-refractivity contribution in [3.8, 4) is 0 Å². The van der Waals surface area contributed by atoms with Gasteiger partial charge in [-0.3, -0.25) is 4.18 Å². The summed E-state index contributed by atoms with van der Waals surface area (Å²) in [5.74, 6) is 0. The average Bonchev–Trinajstić information content (AvgIpc) is 2.19. The molecule has 2 unspecified atom stereocenters. The van der Waals surface area contributed by atoms with Crippen LogP contribution in [0.15, 0.2) is 0 Å². The molecule has 1 aliphatic rings. The van der Waals surface area contributed by atoms with Gasteiger partial charge >= 0.3 is 10.4 Å². The highest BCUT2D eigenvalue weighted by Crippen LogP contribution is 2.21. The number of halogens is 1. The second kappa shape index (κ2) is 3.70. The van der Waals surface area contributed by atoms with Crippen molar-refractivity contribution in [2.24, 2.45) is 0 Å². The molecule has 1 saturated heterocycles. The first-order valence-corrected chi connectivity index (χ1v) is 6.44. The van der Waals surface area contributed by atoms with Crippen LogP contribution in [-0.4, -0.2) is 42.2 Å². The van der Waals surface area contributed by atoms with Crippen molar-refractivity contribution in [1.82, 2.24) is 0 Å². The molecule has 2 atom stereocenters. The first-order valence-electron chi connectivity index (χ1n) is 3.29. The Bertz CT molecular complexity index is 397. The minimum Gasteiger partial charge on any atom is -0.267 e. The normalized spacial score (nSPS) is 31.9. The number of rotatable bonds is 3. The van der Waals surface area contributed by atoms with Gasteiger partial charge in [0.15, 0.2) is 6.10 Å². The maximum Gasteiger partial charge on any atom is 0.403 e. The van der Waals surface area contributed by atoms with Crippen molar-refractivity contribution < 1.29 is 33.8 Å². The number of hydrogen-bond donors (Lipinski definition) is 0. The zero-order chi connectivity index (χ0) is 11.0. The Morgan fingerprint density at radius 1 is 1.43 bits per heavy atom. The molecule has 1 aliphatic heterocycles. The Labute approximate surface area is 80.2 Å². The topological polar surface area (TPSA) is 96.0 Å². The predicted octanol–water partition coefficient (Wildman–Crippen LogP) is -1.08. The van der Waals surface area contributed by atoms with Gasteiger partial charge in [0.2, 0.25) is 6.36 Å². The van der Waals surface area contributed by atoms with Gasteiger partial charge in [0.05, 0.1) is 12.9 Å². The third kappa shape index (κ3) is 3.46. The second-order valence-electron chi connectivity index (χ2n) is 2.48. The molecule has 0 saturated carbocycles. The van der Waals surface area contributed by atoms with Crippen LogP contribution in [0.4, 0.5) is 4.39 Å². The van der Waals surface area contributed by atoms with Gasteiger partial charge in [-0.25, -0.2) is 12.8 Å². The molecule has 10 heteroatoms. The quantitative estimate of drug-likeness (QED) is 0.587. The van der Waals surface area contributed by atoms with Crippen LogP contribution < -0.4 is 0 Å². The minimum absolute atomic E-state index is 0.741. The highest BCUT2D eigenvalue weighted by molar-refractivity contribution is 7.86. The van der Waals surface area contributed by atoms with E-state index in [2.05, 4.69) is 12.5 Å².